The molecule has 0 spiro atoms. The summed E-state index contributed by atoms with van der Waals surface area (Å²) in [6.07, 6.45) is 14.2. The Morgan fingerprint density at radius 3 is 2.68 bits per heavy atom. The van der Waals surface area contributed by atoms with Crippen molar-refractivity contribution in [2.24, 2.45) is 0 Å². The van der Waals surface area contributed by atoms with Crippen molar-refractivity contribution in [3.05, 3.63) is 47.2 Å². The third-order valence-corrected chi connectivity index (χ3v) is 4.37. The normalized spacial score (nSPS) is 20.4. The Balaban J connectivity index is 2.26. The summed E-state index contributed by atoms with van der Waals surface area (Å²) in [6.45, 7) is 8.53. The second-order valence-corrected chi connectivity index (χ2v) is 5.60. The van der Waals surface area contributed by atoms with E-state index < -0.39 is 0 Å². The van der Waals surface area contributed by atoms with Crippen LogP contribution in [0.5, 0.6) is 0 Å². The summed E-state index contributed by atoms with van der Waals surface area (Å²) in [5, 5.41) is 0. The van der Waals surface area contributed by atoms with Crippen molar-refractivity contribution >= 4 is 0 Å². The van der Waals surface area contributed by atoms with E-state index in [4.69, 9.17) is 0 Å². The summed E-state index contributed by atoms with van der Waals surface area (Å²) in [5.41, 5.74) is 5.80. The Labute approximate surface area is 118 Å². The molecule has 2 aliphatic carbocycles. The minimum absolute atomic E-state index is 0.789. The van der Waals surface area contributed by atoms with E-state index in [-0.39, 0.29) is 0 Å². The number of hydrogen-bond acceptors (Lipinski definition) is 1. The van der Waals surface area contributed by atoms with Crippen LogP contribution in [0.4, 0.5) is 0 Å². The minimum Gasteiger partial charge on any atom is -0.375 e. The summed E-state index contributed by atoms with van der Waals surface area (Å²) in [5.74, 6) is 0. The smallest absolute Gasteiger partial charge is 0.0285 e. The van der Waals surface area contributed by atoms with Crippen LogP contribution in [-0.4, -0.2) is 18.0 Å². The lowest BCUT2D eigenvalue weighted by Gasteiger charge is -2.24. The lowest BCUT2D eigenvalue weighted by Crippen LogP contribution is -2.20. The van der Waals surface area contributed by atoms with Gasteiger partial charge in [-0.15, -0.1) is 0 Å². The molecule has 2 aliphatic rings. The summed E-state index contributed by atoms with van der Waals surface area (Å²) in [7, 11) is 2.24. The van der Waals surface area contributed by atoms with E-state index in [1.54, 1.807) is 5.57 Å². The van der Waals surface area contributed by atoms with Crippen LogP contribution in [0.1, 0.15) is 52.4 Å². The molecule has 1 nitrogen and oxygen atoms in total. The lowest BCUT2D eigenvalue weighted by atomic mass is 9.88. The Hall–Kier alpha value is -1.24. The molecule has 104 valence electrons. The fourth-order valence-electron chi connectivity index (χ4n) is 2.95. The topological polar surface area (TPSA) is 3.24 Å². The van der Waals surface area contributed by atoms with Crippen LogP contribution >= 0.6 is 0 Å². The maximum atomic E-state index is 4.02. The Morgan fingerprint density at radius 1 is 1.42 bits per heavy atom. The summed E-state index contributed by atoms with van der Waals surface area (Å²) in [6, 6.07) is 0.789. The fourth-order valence-corrected chi connectivity index (χ4v) is 2.95. The maximum Gasteiger partial charge on any atom is 0.0285 e. The first kappa shape index (κ1) is 14.2. The van der Waals surface area contributed by atoms with Crippen molar-refractivity contribution in [1.29, 1.82) is 0 Å². The van der Waals surface area contributed by atoms with Crippen LogP contribution in [0.15, 0.2) is 47.2 Å². The molecule has 0 amide bonds. The SMILES string of the molecule is C=CC1=C(CC)CCC=C1/C=C(/CC)N(C)C1CC1. The van der Waals surface area contributed by atoms with Gasteiger partial charge in [0, 0.05) is 18.8 Å². The van der Waals surface area contributed by atoms with Crippen molar-refractivity contribution in [3.63, 3.8) is 0 Å². The molecule has 19 heavy (non-hydrogen) atoms. The predicted octanol–water partition coefficient (Wildman–Crippen LogP) is 4.99. The van der Waals surface area contributed by atoms with Gasteiger partial charge in [-0.05, 0) is 55.7 Å². The molecule has 0 heterocycles. The van der Waals surface area contributed by atoms with Gasteiger partial charge in [0.1, 0.15) is 0 Å². The van der Waals surface area contributed by atoms with Crippen LogP contribution in [0.3, 0.4) is 0 Å². The zero-order chi connectivity index (χ0) is 13.8. The van der Waals surface area contributed by atoms with Gasteiger partial charge in [-0.2, -0.15) is 0 Å². The summed E-state index contributed by atoms with van der Waals surface area (Å²) in [4.78, 5) is 2.47. The lowest BCUT2D eigenvalue weighted by molar-refractivity contribution is 0.395. The molecule has 2 rings (SSSR count). The third kappa shape index (κ3) is 3.20. The van der Waals surface area contributed by atoms with Gasteiger partial charge in [0.2, 0.25) is 0 Å². The van der Waals surface area contributed by atoms with Gasteiger partial charge in [0.15, 0.2) is 0 Å². The van der Waals surface area contributed by atoms with Crippen LogP contribution in [-0.2, 0) is 0 Å². The molecule has 0 atom stereocenters. The highest BCUT2D eigenvalue weighted by atomic mass is 15.2. The zero-order valence-corrected chi connectivity index (χ0v) is 12.7. The number of nitrogens with zero attached hydrogens (tertiary/aromatic N) is 1. The van der Waals surface area contributed by atoms with Gasteiger partial charge in [-0.1, -0.05) is 38.2 Å². The van der Waals surface area contributed by atoms with Gasteiger partial charge in [0.05, 0.1) is 0 Å². The summed E-state index contributed by atoms with van der Waals surface area (Å²) < 4.78 is 0. The molecular formula is C18H27N. The molecule has 1 fully saturated rings. The Kier molecular flexibility index (Phi) is 4.68. The van der Waals surface area contributed by atoms with Gasteiger partial charge >= 0.3 is 0 Å². The molecule has 0 aliphatic heterocycles. The highest BCUT2D eigenvalue weighted by Crippen LogP contribution is 2.33. The molecule has 0 aromatic rings. The first-order valence-corrected chi connectivity index (χ1v) is 7.69. The van der Waals surface area contributed by atoms with Gasteiger partial charge in [0.25, 0.3) is 0 Å². The largest absolute Gasteiger partial charge is 0.375 e. The van der Waals surface area contributed by atoms with Crippen molar-refractivity contribution < 1.29 is 0 Å². The first-order valence-electron chi connectivity index (χ1n) is 7.69. The average molecular weight is 257 g/mol. The quantitative estimate of drug-likeness (QED) is 0.648. The van der Waals surface area contributed by atoms with E-state index in [0.29, 0.717) is 0 Å². The molecule has 0 N–H and O–H groups in total. The van der Waals surface area contributed by atoms with Gasteiger partial charge in [-0.25, -0.2) is 0 Å². The monoisotopic (exact) mass is 257 g/mol. The zero-order valence-electron chi connectivity index (χ0n) is 12.7. The molecule has 0 unspecified atom stereocenters. The molecule has 1 saturated carbocycles. The number of rotatable bonds is 6. The first-order chi connectivity index (χ1) is 9.21. The Bertz CT molecular complexity index is 433. The second-order valence-electron chi connectivity index (χ2n) is 5.60. The molecule has 0 saturated heterocycles. The van der Waals surface area contributed by atoms with E-state index in [9.17, 15) is 0 Å². The van der Waals surface area contributed by atoms with Crippen molar-refractivity contribution in [3.8, 4) is 0 Å². The Morgan fingerprint density at radius 2 is 2.16 bits per heavy atom. The second kappa shape index (κ2) is 6.27. The minimum atomic E-state index is 0.789. The maximum absolute atomic E-state index is 4.02. The van der Waals surface area contributed by atoms with Crippen LogP contribution in [0.25, 0.3) is 0 Å². The van der Waals surface area contributed by atoms with E-state index in [1.807, 2.05) is 6.08 Å². The molecule has 1 heteroatoms. The van der Waals surface area contributed by atoms with E-state index >= 15 is 0 Å². The van der Waals surface area contributed by atoms with Gasteiger partial charge in [-0.3, -0.25) is 0 Å². The highest BCUT2D eigenvalue weighted by molar-refractivity contribution is 5.51. The third-order valence-electron chi connectivity index (χ3n) is 4.37. The average Bonchev–Trinajstić information content (AvgIpc) is 3.27. The number of hydrogen-bond donors (Lipinski definition) is 0. The van der Waals surface area contributed by atoms with Crippen molar-refractivity contribution in [2.75, 3.05) is 7.05 Å². The van der Waals surface area contributed by atoms with E-state index in [1.165, 1.54) is 42.5 Å². The van der Waals surface area contributed by atoms with Gasteiger partial charge < -0.3 is 4.90 Å². The molecule has 0 aromatic heterocycles. The van der Waals surface area contributed by atoms with Crippen LogP contribution in [0.2, 0.25) is 0 Å². The van der Waals surface area contributed by atoms with Crippen molar-refractivity contribution in [1.82, 2.24) is 4.90 Å². The standard InChI is InChI=1S/C18H27N/c1-5-14-9-8-10-15(18(14)7-3)13-16(6-2)19(4)17-11-12-17/h7,10,13,17H,3,5-6,8-9,11-12H2,1-2,4H3/b16-13-. The fraction of sp³-hybridized carbons (Fsp3) is 0.556. The molecule has 0 radical (unpaired) electrons. The molecule has 0 aromatic carbocycles. The van der Waals surface area contributed by atoms with Crippen LogP contribution < -0.4 is 0 Å². The predicted molar refractivity (Wildman–Crippen MR) is 84.0 cm³/mol. The van der Waals surface area contributed by atoms with E-state index in [2.05, 4.69) is 44.5 Å². The number of allylic oxidation sites excluding steroid dienone is 7. The summed E-state index contributed by atoms with van der Waals surface area (Å²) >= 11 is 0. The van der Waals surface area contributed by atoms with Crippen LogP contribution in [0, 0.1) is 0 Å². The molecule has 0 bridgehead atoms. The van der Waals surface area contributed by atoms with Crippen molar-refractivity contribution in [2.45, 2.75) is 58.4 Å². The highest BCUT2D eigenvalue weighted by Gasteiger charge is 2.27. The molecular weight excluding hydrogens is 230 g/mol. The van der Waals surface area contributed by atoms with E-state index in [0.717, 1.165) is 18.9 Å².